The average Bonchev–Trinajstić information content (AvgIpc) is 2.61. The van der Waals surface area contributed by atoms with E-state index in [1.54, 1.807) is 12.1 Å². The van der Waals surface area contributed by atoms with Gasteiger partial charge in [0, 0.05) is 12.1 Å². The maximum Gasteiger partial charge on any atom is 0.323 e. The zero-order valence-corrected chi connectivity index (χ0v) is 15.4. The normalized spacial score (nSPS) is 10.3. The molecule has 0 unspecified atom stereocenters. The Hall–Kier alpha value is -3.03. The number of amides is 2. The van der Waals surface area contributed by atoms with E-state index < -0.39 is 23.4 Å². The minimum atomic E-state index is -0.873. The number of carbonyl (C=O) groups is 1. The number of rotatable bonds is 8. The van der Waals surface area contributed by atoms with Gasteiger partial charge in [-0.2, -0.15) is 0 Å². The van der Waals surface area contributed by atoms with Crippen LogP contribution in [0.3, 0.4) is 0 Å². The van der Waals surface area contributed by atoms with Crippen molar-refractivity contribution in [1.29, 1.82) is 0 Å². The molecule has 0 atom stereocenters. The number of urea groups is 1. The Kier molecular flexibility index (Phi) is 7.22. The zero-order valence-electron chi connectivity index (χ0n) is 15.4. The maximum atomic E-state index is 13.7. The highest BCUT2D eigenvalue weighted by molar-refractivity contribution is 6.00. The number of benzene rings is 2. The van der Waals surface area contributed by atoms with Crippen molar-refractivity contribution in [2.24, 2.45) is 0 Å². The van der Waals surface area contributed by atoms with Crippen molar-refractivity contribution >= 4 is 17.4 Å². The molecule has 0 saturated carbocycles. The largest absolute Gasteiger partial charge is 0.490 e. The summed E-state index contributed by atoms with van der Waals surface area (Å²) in [6.07, 6.45) is 0. The number of para-hydroxylation sites is 1. The lowest BCUT2D eigenvalue weighted by molar-refractivity contribution is 0.260. The molecule has 2 rings (SSSR count). The summed E-state index contributed by atoms with van der Waals surface area (Å²) in [7, 11) is 0. The van der Waals surface area contributed by atoms with Crippen LogP contribution in [0, 0.1) is 11.6 Å². The second kappa shape index (κ2) is 9.61. The van der Waals surface area contributed by atoms with Gasteiger partial charge in [0.05, 0.1) is 25.5 Å². The molecule has 0 spiro atoms. The van der Waals surface area contributed by atoms with Gasteiger partial charge >= 0.3 is 6.03 Å². The SMILES string of the molecule is CCOc1cc(NC(=O)Nc2c(F)cccc2F)cc(OCC)c1OCC. The third kappa shape index (κ3) is 5.22. The van der Waals surface area contributed by atoms with Crippen LogP contribution in [-0.4, -0.2) is 25.9 Å². The van der Waals surface area contributed by atoms with E-state index in [2.05, 4.69) is 10.6 Å². The molecule has 146 valence electrons. The molecule has 27 heavy (non-hydrogen) atoms. The van der Waals surface area contributed by atoms with Crippen LogP contribution in [0.2, 0.25) is 0 Å². The number of ether oxygens (including phenoxy) is 3. The summed E-state index contributed by atoms with van der Waals surface area (Å²) < 4.78 is 44.1. The van der Waals surface area contributed by atoms with Crippen LogP contribution in [0.4, 0.5) is 25.0 Å². The number of carbonyl (C=O) groups excluding carboxylic acids is 1. The summed E-state index contributed by atoms with van der Waals surface area (Å²) in [6, 6.07) is 5.60. The molecule has 0 bridgehead atoms. The van der Waals surface area contributed by atoms with E-state index in [0.717, 1.165) is 12.1 Å². The highest BCUT2D eigenvalue weighted by Gasteiger charge is 2.17. The molecule has 0 saturated heterocycles. The predicted octanol–water partition coefficient (Wildman–Crippen LogP) is 4.80. The van der Waals surface area contributed by atoms with Crippen LogP contribution >= 0.6 is 0 Å². The lowest BCUT2D eigenvalue weighted by Crippen LogP contribution is -2.21. The van der Waals surface area contributed by atoms with Crippen molar-refractivity contribution in [1.82, 2.24) is 0 Å². The van der Waals surface area contributed by atoms with Crippen LogP contribution in [0.5, 0.6) is 17.2 Å². The van der Waals surface area contributed by atoms with Crippen molar-refractivity contribution in [3.8, 4) is 17.2 Å². The van der Waals surface area contributed by atoms with Crippen LogP contribution in [0.1, 0.15) is 20.8 Å². The summed E-state index contributed by atoms with van der Waals surface area (Å²) in [5, 5.41) is 4.67. The van der Waals surface area contributed by atoms with Crippen molar-refractivity contribution in [3.63, 3.8) is 0 Å². The number of hydrogen-bond donors (Lipinski definition) is 2. The van der Waals surface area contributed by atoms with Crippen molar-refractivity contribution in [2.75, 3.05) is 30.5 Å². The molecule has 0 aliphatic carbocycles. The van der Waals surface area contributed by atoms with Crippen LogP contribution in [-0.2, 0) is 0 Å². The molecule has 0 fully saturated rings. The van der Waals surface area contributed by atoms with E-state index in [4.69, 9.17) is 14.2 Å². The first-order chi connectivity index (χ1) is 13.0. The number of hydrogen-bond acceptors (Lipinski definition) is 4. The predicted molar refractivity (Wildman–Crippen MR) is 98.9 cm³/mol. The van der Waals surface area contributed by atoms with Gasteiger partial charge in [0.25, 0.3) is 0 Å². The molecule has 0 aromatic heterocycles. The first kappa shape index (κ1) is 20.3. The number of anilines is 2. The van der Waals surface area contributed by atoms with Gasteiger partial charge in [-0.25, -0.2) is 13.6 Å². The molecule has 2 aromatic rings. The lowest BCUT2D eigenvalue weighted by Gasteiger charge is -2.17. The minimum Gasteiger partial charge on any atom is -0.490 e. The monoisotopic (exact) mass is 380 g/mol. The van der Waals surface area contributed by atoms with E-state index in [9.17, 15) is 13.6 Å². The molecule has 0 aliphatic rings. The second-order valence-corrected chi connectivity index (χ2v) is 5.28. The van der Waals surface area contributed by atoms with E-state index in [0.29, 0.717) is 42.8 Å². The number of halogens is 2. The Balaban J connectivity index is 2.27. The first-order valence-electron chi connectivity index (χ1n) is 8.58. The van der Waals surface area contributed by atoms with Gasteiger partial charge in [0.2, 0.25) is 5.75 Å². The molecule has 6 nitrogen and oxygen atoms in total. The first-order valence-corrected chi connectivity index (χ1v) is 8.58. The Morgan fingerprint density at radius 3 is 1.89 bits per heavy atom. The van der Waals surface area contributed by atoms with Gasteiger partial charge in [-0.3, -0.25) is 0 Å². The van der Waals surface area contributed by atoms with E-state index >= 15 is 0 Å². The van der Waals surface area contributed by atoms with Gasteiger partial charge in [0.15, 0.2) is 11.5 Å². The second-order valence-electron chi connectivity index (χ2n) is 5.28. The topological polar surface area (TPSA) is 68.8 Å². The summed E-state index contributed by atoms with van der Waals surface area (Å²) in [4.78, 5) is 12.2. The highest BCUT2D eigenvalue weighted by Crippen LogP contribution is 2.40. The molecule has 2 aromatic carbocycles. The summed E-state index contributed by atoms with van der Waals surface area (Å²) >= 11 is 0. The smallest absolute Gasteiger partial charge is 0.323 e. The Morgan fingerprint density at radius 1 is 0.889 bits per heavy atom. The maximum absolute atomic E-state index is 13.7. The standard InChI is InChI=1S/C19H22F2N2O4/c1-4-25-15-10-12(11-16(26-5-2)18(15)27-6-3)22-19(24)23-17-13(20)8-7-9-14(17)21/h7-11H,4-6H2,1-3H3,(H2,22,23,24). The van der Waals surface area contributed by atoms with Crippen molar-refractivity contribution < 1.29 is 27.8 Å². The Labute approximate surface area is 156 Å². The molecule has 2 N–H and O–H groups in total. The molecule has 0 aliphatic heterocycles. The minimum absolute atomic E-state index is 0.319. The quantitative estimate of drug-likeness (QED) is 0.690. The van der Waals surface area contributed by atoms with Crippen molar-refractivity contribution in [3.05, 3.63) is 42.0 Å². The molecule has 0 radical (unpaired) electrons. The molecule has 0 heterocycles. The third-order valence-electron chi connectivity index (χ3n) is 3.37. The number of nitrogens with one attached hydrogen (secondary N) is 2. The van der Waals surface area contributed by atoms with Crippen molar-refractivity contribution in [2.45, 2.75) is 20.8 Å². The van der Waals surface area contributed by atoms with Gasteiger partial charge in [-0.1, -0.05) is 6.07 Å². The Morgan fingerprint density at radius 2 is 1.41 bits per heavy atom. The molecule has 8 heteroatoms. The van der Waals surface area contributed by atoms with Gasteiger partial charge in [-0.15, -0.1) is 0 Å². The van der Waals surface area contributed by atoms with Gasteiger partial charge < -0.3 is 24.8 Å². The molecular formula is C19H22F2N2O4. The zero-order chi connectivity index (χ0) is 19.8. The Bertz CT molecular complexity index is 752. The van der Waals surface area contributed by atoms with E-state index in [-0.39, 0.29) is 0 Å². The fourth-order valence-electron chi connectivity index (χ4n) is 2.35. The fraction of sp³-hybridized carbons (Fsp3) is 0.316. The summed E-state index contributed by atoms with van der Waals surface area (Å²) in [6.45, 7) is 6.60. The van der Waals surface area contributed by atoms with E-state index in [1.807, 2.05) is 20.8 Å². The van der Waals surface area contributed by atoms with Gasteiger partial charge in [0.1, 0.15) is 17.3 Å². The third-order valence-corrected chi connectivity index (χ3v) is 3.37. The summed E-state index contributed by atoms with van der Waals surface area (Å²) in [5.41, 5.74) is -0.212. The summed E-state index contributed by atoms with van der Waals surface area (Å²) in [5.74, 6) is -0.550. The average molecular weight is 380 g/mol. The van der Waals surface area contributed by atoms with Crippen LogP contribution in [0.15, 0.2) is 30.3 Å². The molecule has 2 amide bonds. The van der Waals surface area contributed by atoms with Crippen LogP contribution < -0.4 is 24.8 Å². The lowest BCUT2D eigenvalue weighted by atomic mass is 10.2. The molecular weight excluding hydrogens is 358 g/mol. The van der Waals surface area contributed by atoms with Gasteiger partial charge in [-0.05, 0) is 32.9 Å². The fourth-order valence-corrected chi connectivity index (χ4v) is 2.35. The van der Waals surface area contributed by atoms with E-state index in [1.165, 1.54) is 6.07 Å². The van der Waals surface area contributed by atoms with Crippen LogP contribution in [0.25, 0.3) is 0 Å². The highest BCUT2D eigenvalue weighted by atomic mass is 19.1.